The molecule has 1 atom stereocenters. The van der Waals surface area contributed by atoms with Gasteiger partial charge in [-0.25, -0.2) is 0 Å². The van der Waals surface area contributed by atoms with E-state index in [1.807, 2.05) is 13.8 Å². The molecule has 1 heterocycles. The Bertz CT molecular complexity index is 373. The molecule has 1 N–H and O–H groups in total. The zero-order valence-corrected chi connectivity index (χ0v) is 11.0. The third kappa shape index (κ3) is 2.25. The molecule has 3 heteroatoms. The number of aromatic nitrogens is 1. The van der Waals surface area contributed by atoms with Crippen molar-refractivity contribution < 1.29 is 4.52 Å². The summed E-state index contributed by atoms with van der Waals surface area (Å²) in [5.41, 5.74) is 2.30. The Hall–Kier alpha value is -0.830. The summed E-state index contributed by atoms with van der Waals surface area (Å²) in [6, 6.07) is 1.10. The van der Waals surface area contributed by atoms with Crippen molar-refractivity contribution in [3.05, 3.63) is 17.0 Å². The normalized spacial score (nSPS) is 22.1. The maximum atomic E-state index is 5.26. The second-order valence-corrected chi connectivity index (χ2v) is 5.83. The van der Waals surface area contributed by atoms with Crippen molar-refractivity contribution in [3.8, 4) is 0 Å². The van der Waals surface area contributed by atoms with Crippen molar-refractivity contribution in [2.24, 2.45) is 11.8 Å². The topological polar surface area (TPSA) is 38.1 Å². The van der Waals surface area contributed by atoms with Gasteiger partial charge in [-0.1, -0.05) is 5.16 Å². The van der Waals surface area contributed by atoms with Crippen LogP contribution in [0.3, 0.4) is 0 Å². The zero-order chi connectivity index (χ0) is 12.0. The fourth-order valence-electron chi connectivity index (χ4n) is 3.05. The van der Waals surface area contributed by atoms with Crippen molar-refractivity contribution in [1.82, 2.24) is 10.5 Å². The number of nitrogens with one attached hydrogen (secondary N) is 1. The molecule has 1 aromatic rings. The lowest BCUT2D eigenvalue weighted by Gasteiger charge is -2.23. The van der Waals surface area contributed by atoms with Crippen LogP contribution in [0.15, 0.2) is 4.52 Å². The fraction of sp³-hybridized carbons (Fsp3) is 0.786. The molecule has 94 valence electrons. The van der Waals surface area contributed by atoms with Gasteiger partial charge in [-0.2, -0.15) is 0 Å². The van der Waals surface area contributed by atoms with E-state index in [2.05, 4.69) is 17.4 Å². The molecule has 0 spiro atoms. The van der Waals surface area contributed by atoms with Crippen molar-refractivity contribution in [3.63, 3.8) is 0 Å². The van der Waals surface area contributed by atoms with Gasteiger partial charge in [0.2, 0.25) is 0 Å². The summed E-state index contributed by atoms with van der Waals surface area (Å²) < 4.78 is 5.26. The standard InChI is InChI=1S/C14H22N2O/c1-8(13-9(2)16-17-10(13)3)15-14(11-4-5-11)12-6-7-12/h8,11-12,14-15H,4-7H2,1-3H3. The van der Waals surface area contributed by atoms with E-state index >= 15 is 0 Å². The number of nitrogens with zero attached hydrogens (tertiary/aromatic N) is 1. The van der Waals surface area contributed by atoms with Crippen molar-refractivity contribution in [1.29, 1.82) is 0 Å². The minimum absolute atomic E-state index is 0.368. The third-order valence-electron chi connectivity index (χ3n) is 4.22. The SMILES string of the molecule is Cc1noc(C)c1C(C)NC(C1CC1)C1CC1. The second-order valence-electron chi connectivity index (χ2n) is 5.83. The highest BCUT2D eigenvalue weighted by atomic mass is 16.5. The minimum atomic E-state index is 0.368. The Morgan fingerprint density at radius 2 is 1.76 bits per heavy atom. The molecule has 1 unspecified atom stereocenters. The van der Waals surface area contributed by atoms with Gasteiger partial charge in [0.1, 0.15) is 5.76 Å². The number of hydrogen-bond acceptors (Lipinski definition) is 3. The average molecular weight is 234 g/mol. The summed E-state index contributed by atoms with van der Waals surface area (Å²) in [7, 11) is 0. The molecule has 0 amide bonds. The Balaban J connectivity index is 1.71. The minimum Gasteiger partial charge on any atom is -0.361 e. The molecule has 3 nitrogen and oxygen atoms in total. The van der Waals surface area contributed by atoms with E-state index in [0.717, 1.165) is 29.3 Å². The number of aryl methyl sites for hydroxylation is 2. The molecule has 0 aliphatic heterocycles. The van der Waals surface area contributed by atoms with Crippen LogP contribution < -0.4 is 5.32 Å². The molecule has 2 aliphatic rings. The van der Waals surface area contributed by atoms with Gasteiger partial charge in [-0.3, -0.25) is 0 Å². The van der Waals surface area contributed by atoms with Gasteiger partial charge in [-0.15, -0.1) is 0 Å². The van der Waals surface area contributed by atoms with Crippen LogP contribution in [0.1, 0.15) is 55.7 Å². The van der Waals surface area contributed by atoms with E-state index in [4.69, 9.17) is 4.52 Å². The van der Waals surface area contributed by atoms with Gasteiger partial charge >= 0.3 is 0 Å². The second kappa shape index (κ2) is 4.13. The van der Waals surface area contributed by atoms with Crippen LogP contribution in [0, 0.1) is 25.7 Å². The Labute approximate surface area is 103 Å². The monoisotopic (exact) mass is 234 g/mol. The van der Waals surface area contributed by atoms with Crippen LogP contribution in [0.2, 0.25) is 0 Å². The van der Waals surface area contributed by atoms with Crippen molar-refractivity contribution >= 4 is 0 Å². The van der Waals surface area contributed by atoms with E-state index in [0.29, 0.717) is 6.04 Å². The van der Waals surface area contributed by atoms with Crippen LogP contribution in [0.25, 0.3) is 0 Å². The first-order valence-electron chi connectivity index (χ1n) is 6.85. The Morgan fingerprint density at radius 1 is 1.18 bits per heavy atom. The maximum Gasteiger partial charge on any atom is 0.138 e. The van der Waals surface area contributed by atoms with E-state index in [-0.39, 0.29) is 0 Å². The molecule has 0 bridgehead atoms. The highest BCUT2D eigenvalue weighted by Crippen LogP contribution is 2.45. The summed E-state index contributed by atoms with van der Waals surface area (Å²) in [4.78, 5) is 0. The van der Waals surface area contributed by atoms with E-state index in [9.17, 15) is 0 Å². The van der Waals surface area contributed by atoms with E-state index < -0.39 is 0 Å². The van der Waals surface area contributed by atoms with Gasteiger partial charge < -0.3 is 9.84 Å². The first-order valence-corrected chi connectivity index (χ1v) is 6.85. The van der Waals surface area contributed by atoms with Crippen LogP contribution in [0.5, 0.6) is 0 Å². The highest BCUT2D eigenvalue weighted by molar-refractivity contribution is 5.24. The van der Waals surface area contributed by atoms with Gasteiger partial charge in [0.05, 0.1) is 5.69 Å². The smallest absolute Gasteiger partial charge is 0.138 e. The quantitative estimate of drug-likeness (QED) is 0.850. The Morgan fingerprint density at radius 3 is 2.18 bits per heavy atom. The van der Waals surface area contributed by atoms with Gasteiger partial charge in [-0.05, 0) is 58.3 Å². The average Bonchev–Trinajstić information content (AvgIpc) is 3.15. The molecule has 0 aromatic carbocycles. The zero-order valence-electron chi connectivity index (χ0n) is 11.0. The van der Waals surface area contributed by atoms with Gasteiger partial charge in [0.15, 0.2) is 0 Å². The molecule has 0 radical (unpaired) electrons. The summed E-state index contributed by atoms with van der Waals surface area (Å²) in [6.07, 6.45) is 5.68. The highest BCUT2D eigenvalue weighted by Gasteiger charge is 2.42. The number of rotatable bonds is 5. The predicted octanol–water partition coefficient (Wildman–Crippen LogP) is 3.13. The molecule has 17 heavy (non-hydrogen) atoms. The molecular weight excluding hydrogens is 212 g/mol. The summed E-state index contributed by atoms with van der Waals surface area (Å²) in [5.74, 6) is 2.84. The lowest BCUT2D eigenvalue weighted by Crippen LogP contribution is -2.35. The third-order valence-corrected chi connectivity index (χ3v) is 4.22. The maximum absolute atomic E-state index is 5.26. The van der Waals surface area contributed by atoms with Crippen LogP contribution in [-0.4, -0.2) is 11.2 Å². The van der Waals surface area contributed by atoms with Crippen LogP contribution in [-0.2, 0) is 0 Å². The largest absolute Gasteiger partial charge is 0.361 e. The van der Waals surface area contributed by atoms with Crippen molar-refractivity contribution in [2.75, 3.05) is 0 Å². The summed E-state index contributed by atoms with van der Waals surface area (Å²) in [5, 5.41) is 7.88. The molecule has 2 saturated carbocycles. The lowest BCUT2D eigenvalue weighted by molar-refractivity contribution is 0.368. The van der Waals surface area contributed by atoms with Crippen molar-refractivity contribution in [2.45, 2.75) is 58.5 Å². The van der Waals surface area contributed by atoms with E-state index in [1.165, 1.54) is 31.2 Å². The van der Waals surface area contributed by atoms with Crippen LogP contribution >= 0.6 is 0 Å². The first-order chi connectivity index (χ1) is 8.16. The number of hydrogen-bond donors (Lipinski definition) is 1. The van der Waals surface area contributed by atoms with Gasteiger partial charge in [0.25, 0.3) is 0 Å². The van der Waals surface area contributed by atoms with Gasteiger partial charge in [0, 0.05) is 17.6 Å². The summed E-state index contributed by atoms with van der Waals surface area (Å²) >= 11 is 0. The molecule has 2 fully saturated rings. The fourth-order valence-corrected chi connectivity index (χ4v) is 3.05. The Kier molecular flexibility index (Phi) is 2.74. The first kappa shape index (κ1) is 11.3. The predicted molar refractivity (Wildman–Crippen MR) is 66.8 cm³/mol. The molecular formula is C14H22N2O. The van der Waals surface area contributed by atoms with E-state index in [1.54, 1.807) is 0 Å². The summed E-state index contributed by atoms with van der Waals surface area (Å²) in [6.45, 7) is 6.29. The van der Waals surface area contributed by atoms with Crippen LogP contribution in [0.4, 0.5) is 0 Å². The molecule has 0 saturated heterocycles. The lowest BCUT2D eigenvalue weighted by atomic mass is 10.0. The molecule has 3 rings (SSSR count). The molecule has 1 aromatic heterocycles. The molecule has 2 aliphatic carbocycles.